The van der Waals surface area contributed by atoms with Gasteiger partial charge in [-0.1, -0.05) is 12.8 Å². The van der Waals surface area contributed by atoms with Crippen molar-refractivity contribution in [1.29, 1.82) is 0 Å². The smallest absolute Gasteiger partial charge is 0.270 e. The molecule has 1 saturated carbocycles. The maximum Gasteiger partial charge on any atom is 0.270 e. The minimum Gasteiger partial charge on any atom is -0.398 e. The van der Waals surface area contributed by atoms with Crippen molar-refractivity contribution in [3.63, 3.8) is 0 Å². The molecule has 1 aromatic rings. The van der Waals surface area contributed by atoms with Crippen LogP contribution in [-0.4, -0.2) is 18.9 Å². The summed E-state index contributed by atoms with van der Waals surface area (Å²) in [5.74, 6) is 0. The second kappa shape index (κ2) is 5.02. The standard InChI is InChI=1S/C12H17N3O4S/c1-12(6-2-3-7-12)14-20(18,19)11-8-9(15(16)17)4-5-10(11)13/h4-5,8,14H,2-3,6-7,13H2,1H3. The molecule has 0 radical (unpaired) electrons. The molecule has 1 fully saturated rings. The molecule has 0 aromatic heterocycles. The van der Waals surface area contributed by atoms with Gasteiger partial charge in [0, 0.05) is 17.7 Å². The van der Waals surface area contributed by atoms with E-state index in [-0.39, 0.29) is 16.3 Å². The zero-order chi connectivity index (χ0) is 15.0. The summed E-state index contributed by atoms with van der Waals surface area (Å²) < 4.78 is 27.4. The van der Waals surface area contributed by atoms with Gasteiger partial charge in [0.05, 0.1) is 10.6 Å². The van der Waals surface area contributed by atoms with Gasteiger partial charge in [0.15, 0.2) is 0 Å². The molecular formula is C12H17N3O4S. The average Bonchev–Trinajstić information content (AvgIpc) is 2.74. The number of non-ortho nitro benzene ring substituents is 1. The maximum absolute atomic E-state index is 12.4. The monoisotopic (exact) mass is 299 g/mol. The number of anilines is 1. The number of nitrogens with one attached hydrogen (secondary N) is 1. The van der Waals surface area contributed by atoms with E-state index in [1.54, 1.807) is 0 Å². The number of rotatable bonds is 4. The molecule has 1 aromatic carbocycles. The van der Waals surface area contributed by atoms with Crippen molar-refractivity contribution in [2.45, 2.75) is 43.0 Å². The first-order chi connectivity index (χ1) is 9.23. The summed E-state index contributed by atoms with van der Waals surface area (Å²) in [6.07, 6.45) is 3.43. The number of benzene rings is 1. The van der Waals surface area contributed by atoms with Crippen molar-refractivity contribution >= 4 is 21.4 Å². The third-order valence-corrected chi connectivity index (χ3v) is 5.28. The Kier molecular flexibility index (Phi) is 3.70. The van der Waals surface area contributed by atoms with E-state index in [1.807, 2.05) is 6.92 Å². The summed E-state index contributed by atoms with van der Waals surface area (Å²) in [5, 5.41) is 10.7. The molecule has 7 nitrogen and oxygen atoms in total. The number of nitro benzene ring substituents is 1. The van der Waals surface area contributed by atoms with Crippen LogP contribution in [0.15, 0.2) is 23.1 Å². The van der Waals surface area contributed by atoms with Crippen LogP contribution in [0.3, 0.4) is 0 Å². The fourth-order valence-electron chi connectivity index (χ4n) is 2.51. The van der Waals surface area contributed by atoms with Crippen molar-refractivity contribution in [3.05, 3.63) is 28.3 Å². The molecule has 1 aliphatic carbocycles. The van der Waals surface area contributed by atoms with Crippen LogP contribution in [0.1, 0.15) is 32.6 Å². The highest BCUT2D eigenvalue weighted by Gasteiger charge is 2.34. The van der Waals surface area contributed by atoms with Crippen LogP contribution in [0.5, 0.6) is 0 Å². The normalized spacial score (nSPS) is 18.1. The largest absolute Gasteiger partial charge is 0.398 e. The SMILES string of the molecule is CC1(NS(=O)(=O)c2cc([N+](=O)[O-])ccc2N)CCCC1. The fraction of sp³-hybridized carbons (Fsp3) is 0.500. The van der Waals surface area contributed by atoms with E-state index < -0.39 is 20.5 Å². The quantitative estimate of drug-likeness (QED) is 0.499. The highest BCUT2D eigenvalue weighted by Crippen LogP contribution is 2.32. The third-order valence-electron chi connectivity index (χ3n) is 3.59. The Labute approximate surface area is 117 Å². The van der Waals surface area contributed by atoms with Crippen LogP contribution in [0.4, 0.5) is 11.4 Å². The van der Waals surface area contributed by atoms with E-state index in [2.05, 4.69) is 4.72 Å². The van der Waals surface area contributed by atoms with Gasteiger partial charge in [-0.2, -0.15) is 0 Å². The molecule has 8 heteroatoms. The average molecular weight is 299 g/mol. The fourth-order valence-corrected chi connectivity index (χ4v) is 4.12. The summed E-state index contributed by atoms with van der Waals surface area (Å²) in [4.78, 5) is 9.87. The number of hydrogen-bond donors (Lipinski definition) is 2. The molecule has 0 heterocycles. The number of nitro groups is 1. The van der Waals surface area contributed by atoms with Gasteiger partial charge in [-0.25, -0.2) is 13.1 Å². The predicted molar refractivity (Wildman–Crippen MR) is 74.7 cm³/mol. The zero-order valence-electron chi connectivity index (χ0n) is 11.1. The van der Waals surface area contributed by atoms with Crippen molar-refractivity contribution in [2.24, 2.45) is 0 Å². The van der Waals surface area contributed by atoms with Gasteiger partial charge < -0.3 is 5.73 Å². The minimum atomic E-state index is -3.87. The lowest BCUT2D eigenvalue weighted by atomic mass is 10.0. The second-order valence-electron chi connectivity index (χ2n) is 5.35. The Bertz CT molecular complexity index is 636. The van der Waals surface area contributed by atoms with Gasteiger partial charge in [0.1, 0.15) is 4.90 Å². The van der Waals surface area contributed by atoms with E-state index in [9.17, 15) is 18.5 Å². The third kappa shape index (κ3) is 2.91. The molecule has 0 saturated heterocycles. The number of sulfonamides is 1. The Morgan fingerprint density at radius 3 is 2.50 bits per heavy atom. The van der Waals surface area contributed by atoms with Crippen LogP contribution in [0, 0.1) is 10.1 Å². The topological polar surface area (TPSA) is 115 Å². The molecule has 1 aliphatic rings. The number of nitrogens with zero attached hydrogens (tertiary/aromatic N) is 1. The molecule has 0 amide bonds. The Morgan fingerprint density at radius 1 is 1.35 bits per heavy atom. The molecule has 0 unspecified atom stereocenters. The number of nitrogen functional groups attached to an aromatic ring is 1. The lowest BCUT2D eigenvalue weighted by molar-refractivity contribution is -0.385. The molecule has 2 rings (SSSR count). The van der Waals surface area contributed by atoms with Crippen molar-refractivity contribution in [3.8, 4) is 0 Å². The van der Waals surface area contributed by atoms with Crippen LogP contribution < -0.4 is 10.5 Å². The van der Waals surface area contributed by atoms with Gasteiger partial charge in [-0.05, 0) is 25.8 Å². The Hall–Kier alpha value is -1.67. The molecule has 110 valence electrons. The number of hydrogen-bond acceptors (Lipinski definition) is 5. The highest BCUT2D eigenvalue weighted by molar-refractivity contribution is 7.89. The minimum absolute atomic E-state index is 0.00435. The van der Waals surface area contributed by atoms with E-state index in [1.165, 1.54) is 12.1 Å². The predicted octanol–water partition coefficient (Wildman–Crippen LogP) is 1.79. The van der Waals surface area contributed by atoms with Crippen LogP contribution in [0.2, 0.25) is 0 Å². The summed E-state index contributed by atoms with van der Waals surface area (Å²) in [6.45, 7) is 1.84. The summed E-state index contributed by atoms with van der Waals surface area (Å²) in [7, 11) is -3.87. The van der Waals surface area contributed by atoms with Crippen molar-refractivity contribution < 1.29 is 13.3 Å². The van der Waals surface area contributed by atoms with Gasteiger partial charge in [0.25, 0.3) is 5.69 Å². The van der Waals surface area contributed by atoms with Gasteiger partial charge >= 0.3 is 0 Å². The maximum atomic E-state index is 12.4. The molecule has 0 bridgehead atoms. The second-order valence-corrected chi connectivity index (χ2v) is 7.00. The molecule has 0 atom stereocenters. The first-order valence-electron chi connectivity index (χ1n) is 6.31. The van der Waals surface area contributed by atoms with E-state index in [0.717, 1.165) is 31.7 Å². The van der Waals surface area contributed by atoms with E-state index in [4.69, 9.17) is 5.73 Å². The first kappa shape index (κ1) is 14.7. The Balaban J connectivity index is 2.38. The molecule has 0 spiro atoms. The van der Waals surface area contributed by atoms with E-state index >= 15 is 0 Å². The van der Waals surface area contributed by atoms with Crippen LogP contribution in [-0.2, 0) is 10.0 Å². The first-order valence-corrected chi connectivity index (χ1v) is 7.80. The zero-order valence-corrected chi connectivity index (χ0v) is 11.9. The van der Waals surface area contributed by atoms with Gasteiger partial charge in [-0.3, -0.25) is 10.1 Å². The summed E-state index contributed by atoms with van der Waals surface area (Å²) in [6, 6.07) is 3.42. The van der Waals surface area contributed by atoms with Crippen molar-refractivity contribution in [2.75, 3.05) is 5.73 Å². The van der Waals surface area contributed by atoms with E-state index in [0.29, 0.717) is 0 Å². The van der Waals surface area contributed by atoms with Gasteiger partial charge in [-0.15, -0.1) is 0 Å². The summed E-state index contributed by atoms with van der Waals surface area (Å²) in [5.41, 5.74) is 4.86. The highest BCUT2D eigenvalue weighted by atomic mass is 32.2. The number of nitrogens with two attached hydrogens (primary N) is 1. The Morgan fingerprint density at radius 2 is 1.95 bits per heavy atom. The van der Waals surface area contributed by atoms with Gasteiger partial charge in [0.2, 0.25) is 10.0 Å². The molecule has 3 N–H and O–H groups in total. The van der Waals surface area contributed by atoms with Crippen LogP contribution in [0.25, 0.3) is 0 Å². The molecule has 20 heavy (non-hydrogen) atoms. The lowest BCUT2D eigenvalue weighted by Gasteiger charge is -2.25. The van der Waals surface area contributed by atoms with Crippen molar-refractivity contribution in [1.82, 2.24) is 4.72 Å². The summed E-state index contributed by atoms with van der Waals surface area (Å²) >= 11 is 0. The van der Waals surface area contributed by atoms with Crippen LogP contribution >= 0.6 is 0 Å². The lowest BCUT2D eigenvalue weighted by Crippen LogP contribution is -2.43. The molecular weight excluding hydrogens is 282 g/mol. The molecule has 0 aliphatic heterocycles.